The number of nitrogens with two attached hydrogens (primary N) is 1. The van der Waals surface area contributed by atoms with Crippen molar-refractivity contribution in [2.45, 2.75) is 45.3 Å². The molecule has 34 heavy (non-hydrogen) atoms. The van der Waals surface area contributed by atoms with Crippen molar-refractivity contribution in [2.24, 2.45) is 11.7 Å². The second kappa shape index (κ2) is 14.9. The quantitative estimate of drug-likeness (QED) is 0.278. The van der Waals surface area contributed by atoms with Gasteiger partial charge in [-0.1, -0.05) is 32.0 Å². The van der Waals surface area contributed by atoms with E-state index in [4.69, 9.17) is 5.73 Å². The van der Waals surface area contributed by atoms with Crippen molar-refractivity contribution in [1.29, 1.82) is 0 Å². The van der Waals surface area contributed by atoms with Crippen LogP contribution in [0, 0.1) is 5.92 Å². The molecule has 0 aliphatic carbocycles. The summed E-state index contributed by atoms with van der Waals surface area (Å²) in [6, 6.07) is 5.66. The number of carbonyl (C=O) groups excluding carboxylic acids is 3. The highest BCUT2D eigenvalue weighted by Crippen LogP contribution is 2.18. The maximum absolute atomic E-state index is 13.5. The molecule has 0 aliphatic heterocycles. The van der Waals surface area contributed by atoms with E-state index in [9.17, 15) is 24.3 Å². The smallest absolute Gasteiger partial charge is 0.326 e. The van der Waals surface area contributed by atoms with Crippen molar-refractivity contribution in [2.75, 3.05) is 35.8 Å². The van der Waals surface area contributed by atoms with Crippen LogP contribution in [0.15, 0.2) is 30.3 Å². The van der Waals surface area contributed by atoms with Crippen molar-refractivity contribution < 1.29 is 24.3 Å². The highest BCUT2D eigenvalue weighted by Gasteiger charge is 2.32. The number of hydrogen-bond acceptors (Lipinski definition) is 7. The van der Waals surface area contributed by atoms with Gasteiger partial charge >= 0.3 is 5.97 Å². The van der Waals surface area contributed by atoms with E-state index in [1.54, 1.807) is 30.3 Å². The molecule has 3 atom stereocenters. The van der Waals surface area contributed by atoms with Crippen molar-refractivity contribution in [3.05, 3.63) is 30.3 Å². The SMILES string of the molecule is CSCCC(NC(=O)C(C)N(C(=O)CN(CC(C)C)C(=O)C(N)CS)c1ccccc1)C(=O)O. The standard InChI is InChI=1S/C23H36N4O5S2/c1-15(2)12-26(22(30)18(24)14-33)13-20(28)27(17-8-6-5-7-9-17)16(3)21(29)25-19(23(31)32)10-11-34-4/h5-9,15-16,18-19,33H,10-14,24H2,1-4H3,(H,25,29)(H,31,32). The molecule has 1 aromatic carbocycles. The predicted octanol–water partition coefficient (Wildman–Crippen LogP) is 1.47. The van der Waals surface area contributed by atoms with Crippen LogP contribution < -0.4 is 16.0 Å². The van der Waals surface area contributed by atoms with Crippen molar-refractivity contribution in [3.63, 3.8) is 0 Å². The first-order valence-corrected chi connectivity index (χ1v) is 13.1. The summed E-state index contributed by atoms with van der Waals surface area (Å²) in [5, 5.41) is 12.0. The molecule has 1 rings (SSSR count). The van der Waals surface area contributed by atoms with Crippen molar-refractivity contribution in [1.82, 2.24) is 10.2 Å². The molecule has 11 heteroatoms. The Hall–Kier alpha value is -2.24. The average Bonchev–Trinajstić information content (AvgIpc) is 2.80. The summed E-state index contributed by atoms with van der Waals surface area (Å²) >= 11 is 5.57. The molecule has 9 nitrogen and oxygen atoms in total. The van der Waals surface area contributed by atoms with Crippen LogP contribution in [-0.4, -0.2) is 82.7 Å². The number of nitrogens with one attached hydrogen (secondary N) is 1. The molecule has 0 aliphatic rings. The number of carboxylic acids is 1. The lowest BCUT2D eigenvalue weighted by atomic mass is 10.1. The molecule has 0 aromatic heterocycles. The molecular formula is C23H36N4O5S2. The lowest BCUT2D eigenvalue weighted by Gasteiger charge is -2.33. The Balaban J connectivity index is 3.20. The minimum atomic E-state index is -1.14. The Morgan fingerprint density at radius 2 is 1.76 bits per heavy atom. The van der Waals surface area contributed by atoms with Gasteiger partial charge in [0.2, 0.25) is 17.7 Å². The molecule has 3 amide bonds. The zero-order chi connectivity index (χ0) is 25.8. The van der Waals surface area contributed by atoms with E-state index < -0.39 is 41.8 Å². The molecule has 4 N–H and O–H groups in total. The Morgan fingerprint density at radius 1 is 1.15 bits per heavy atom. The van der Waals surface area contributed by atoms with Gasteiger partial charge in [-0.3, -0.25) is 19.3 Å². The molecule has 0 spiro atoms. The monoisotopic (exact) mass is 512 g/mol. The summed E-state index contributed by atoms with van der Waals surface area (Å²) in [6.45, 7) is 5.40. The van der Waals surface area contributed by atoms with Crippen molar-refractivity contribution >= 4 is 53.8 Å². The number of nitrogens with zero attached hydrogens (tertiary/aromatic N) is 2. The van der Waals surface area contributed by atoms with Gasteiger partial charge in [-0.05, 0) is 43.4 Å². The van der Waals surface area contributed by atoms with Crippen LogP contribution in [0.2, 0.25) is 0 Å². The van der Waals surface area contributed by atoms with Crippen molar-refractivity contribution in [3.8, 4) is 0 Å². The first-order valence-electron chi connectivity index (χ1n) is 11.1. The average molecular weight is 513 g/mol. The number of benzene rings is 1. The van der Waals surface area contributed by atoms with Gasteiger partial charge in [0.1, 0.15) is 18.6 Å². The fourth-order valence-electron chi connectivity index (χ4n) is 3.30. The van der Waals surface area contributed by atoms with Gasteiger partial charge in [-0.2, -0.15) is 24.4 Å². The van der Waals surface area contributed by atoms with E-state index in [1.807, 2.05) is 20.1 Å². The summed E-state index contributed by atoms with van der Waals surface area (Å²) in [5.74, 6) is -1.83. The zero-order valence-corrected chi connectivity index (χ0v) is 21.9. The molecule has 3 unspecified atom stereocenters. The summed E-state index contributed by atoms with van der Waals surface area (Å²) < 4.78 is 0. The molecule has 0 saturated heterocycles. The lowest BCUT2D eigenvalue weighted by molar-refractivity contribution is -0.142. The normalized spacial score (nSPS) is 13.6. The Morgan fingerprint density at radius 3 is 2.26 bits per heavy atom. The minimum absolute atomic E-state index is 0.0857. The zero-order valence-electron chi connectivity index (χ0n) is 20.1. The first-order chi connectivity index (χ1) is 16.0. The van der Waals surface area contributed by atoms with Crippen LogP contribution in [0.1, 0.15) is 27.2 Å². The molecule has 190 valence electrons. The van der Waals surface area contributed by atoms with Gasteiger partial charge in [0.15, 0.2) is 0 Å². The van der Waals surface area contributed by atoms with E-state index >= 15 is 0 Å². The number of rotatable bonds is 14. The van der Waals surface area contributed by atoms with E-state index in [2.05, 4.69) is 17.9 Å². The molecular weight excluding hydrogens is 476 g/mol. The molecule has 0 radical (unpaired) electrons. The predicted molar refractivity (Wildman–Crippen MR) is 139 cm³/mol. The second-order valence-corrected chi connectivity index (χ2v) is 9.71. The first kappa shape index (κ1) is 29.8. The van der Waals surface area contributed by atoms with Gasteiger partial charge in [-0.15, -0.1) is 0 Å². The molecule has 0 heterocycles. The number of aliphatic carboxylic acids is 1. The summed E-state index contributed by atoms with van der Waals surface area (Å²) in [7, 11) is 0. The summed E-state index contributed by atoms with van der Waals surface area (Å²) in [4.78, 5) is 53.5. The van der Waals surface area contributed by atoms with Gasteiger partial charge in [0.25, 0.3) is 0 Å². The number of anilines is 1. The van der Waals surface area contributed by atoms with Crippen LogP contribution in [0.25, 0.3) is 0 Å². The summed E-state index contributed by atoms with van der Waals surface area (Å²) in [5.41, 5.74) is 6.33. The number of amides is 3. The van der Waals surface area contributed by atoms with E-state index in [1.165, 1.54) is 28.5 Å². The number of carboxylic acid groups (broad SMARTS) is 1. The van der Waals surface area contributed by atoms with Crippen LogP contribution in [0.5, 0.6) is 0 Å². The summed E-state index contributed by atoms with van der Waals surface area (Å²) in [6.07, 6.45) is 2.11. The highest BCUT2D eigenvalue weighted by molar-refractivity contribution is 7.98. The maximum atomic E-state index is 13.5. The van der Waals surface area contributed by atoms with E-state index in [0.717, 1.165) is 0 Å². The third-order valence-corrected chi connectivity index (χ3v) is 6.07. The second-order valence-electron chi connectivity index (χ2n) is 8.36. The Bertz CT molecular complexity index is 825. The fourth-order valence-corrected chi connectivity index (χ4v) is 3.93. The minimum Gasteiger partial charge on any atom is -0.480 e. The Kier molecular flexibility index (Phi) is 13.1. The van der Waals surface area contributed by atoms with Crippen LogP contribution in [-0.2, 0) is 19.2 Å². The Labute approximate surface area is 211 Å². The molecule has 0 bridgehead atoms. The number of hydrogen-bond donors (Lipinski definition) is 4. The largest absolute Gasteiger partial charge is 0.480 e. The van der Waals surface area contributed by atoms with E-state index in [0.29, 0.717) is 18.0 Å². The lowest BCUT2D eigenvalue weighted by Crippen LogP contribution is -2.56. The van der Waals surface area contributed by atoms with Gasteiger partial charge in [0.05, 0.1) is 6.04 Å². The van der Waals surface area contributed by atoms with Gasteiger partial charge in [-0.25, -0.2) is 4.79 Å². The maximum Gasteiger partial charge on any atom is 0.326 e. The van der Waals surface area contributed by atoms with Crippen LogP contribution >= 0.6 is 24.4 Å². The van der Waals surface area contributed by atoms with Crippen LogP contribution in [0.3, 0.4) is 0 Å². The van der Waals surface area contributed by atoms with Gasteiger partial charge in [0, 0.05) is 18.0 Å². The van der Waals surface area contributed by atoms with Gasteiger partial charge < -0.3 is 21.1 Å². The highest BCUT2D eigenvalue weighted by atomic mass is 32.2. The molecule has 0 fully saturated rings. The van der Waals surface area contributed by atoms with Crippen LogP contribution in [0.4, 0.5) is 5.69 Å². The number of carbonyl (C=O) groups is 4. The molecule has 1 aromatic rings. The number of thioether (sulfide) groups is 1. The number of para-hydroxylation sites is 1. The number of thiol groups is 1. The van der Waals surface area contributed by atoms with E-state index in [-0.39, 0.29) is 24.6 Å². The molecule has 0 saturated carbocycles. The fraction of sp³-hybridized carbons (Fsp3) is 0.565. The topological polar surface area (TPSA) is 133 Å². The third kappa shape index (κ3) is 9.19. The third-order valence-electron chi connectivity index (χ3n) is 5.03.